The van der Waals surface area contributed by atoms with Crippen LogP contribution in [0.5, 0.6) is 0 Å². The van der Waals surface area contributed by atoms with E-state index in [2.05, 4.69) is 22.5 Å². The van der Waals surface area contributed by atoms with Crippen molar-refractivity contribution in [3.05, 3.63) is 35.9 Å². The van der Waals surface area contributed by atoms with E-state index in [0.717, 1.165) is 11.6 Å². The quantitative estimate of drug-likeness (QED) is 0.570. The van der Waals surface area contributed by atoms with Crippen molar-refractivity contribution in [1.29, 1.82) is 0 Å². The minimum Gasteiger partial charge on any atom is -0.478 e. The lowest BCUT2D eigenvalue weighted by Gasteiger charge is -2.05. The molecule has 0 fully saturated rings. The zero-order valence-electron chi connectivity index (χ0n) is 10.4. The van der Waals surface area contributed by atoms with Gasteiger partial charge in [0.25, 0.3) is 0 Å². The summed E-state index contributed by atoms with van der Waals surface area (Å²) in [7, 11) is 0. The number of carbonyl (C=O) groups is 2. The number of benzene rings is 1. The van der Waals surface area contributed by atoms with Crippen LogP contribution in [0, 0.1) is 11.8 Å². The Morgan fingerprint density at radius 2 is 2.00 bits per heavy atom. The standard InChI is InChI=1S/C14H14N2O3/c1-2-3-10-15-14(19)16-12-7-4-11(5-8-12)6-9-13(17)18/h4-9H,10H2,1H3,(H,17,18)(H2,15,16,19)/b9-6+. The van der Waals surface area contributed by atoms with Crippen LogP contribution in [0.3, 0.4) is 0 Å². The van der Waals surface area contributed by atoms with Gasteiger partial charge in [-0.15, -0.1) is 5.92 Å². The Morgan fingerprint density at radius 3 is 2.58 bits per heavy atom. The molecule has 1 rings (SSSR count). The fourth-order valence-electron chi connectivity index (χ4n) is 1.23. The fourth-order valence-corrected chi connectivity index (χ4v) is 1.23. The Balaban J connectivity index is 2.53. The molecule has 0 aliphatic carbocycles. The van der Waals surface area contributed by atoms with Crippen LogP contribution < -0.4 is 10.6 Å². The molecule has 0 aromatic heterocycles. The fraction of sp³-hybridized carbons (Fsp3) is 0.143. The maximum absolute atomic E-state index is 11.4. The molecule has 0 atom stereocenters. The van der Waals surface area contributed by atoms with E-state index < -0.39 is 5.97 Å². The number of aliphatic carboxylic acids is 1. The SMILES string of the molecule is CC#CCNC(=O)Nc1ccc(/C=C/C(=O)O)cc1. The summed E-state index contributed by atoms with van der Waals surface area (Å²) in [6.45, 7) is 1.99. The molecular weight excluding hydrogens is 244 g/mol. The van der Waals surface area contributed by atoms with E-state index in [1.54, 1.807) is 31.2 Å². The third kappa shape index (κ3) is 5.94. The first-order valence-electron chi connectivity index (χ1n) is 5.57. The molecule has 0 aliphatic heterocycles. The minimum atomic E-state index is -1.00. The number of carboxylic acids is 1. The van der Waals surface area contributed by atoms with Crippen molar-refractivity contribution in [3.63, 3.8) is 0 Å². The number of carbonyl (C=O) groups excluding carboxylic acids is 1. The van der Waals surface area contributed by atoms with Crippen molar-refractivity contribution in [3.8, 4) is 11.8 Å². The number of hydrogen-bond donors (Lipinski definition) is 3. The normalized spacial score (nSPS) is 9.53. The molecule has 19 heavy (non-hydrogen) atoms. The highest BCUT2D eigenvalue weighted by atomic mass is 16.4. The predicted octanol–water partition coefficient (Wildman–Crippen LogP) is 1.93. The van der Waals surface area contributed by atoms with Crippen LogP contribution in [0.2, 0.25) is 0 Å². The number of nitrogens with one attached hydrogen (secondary N) is 2. The lowest BCUT2D eigenvalue weighted by molar-refractivity contribution is -0.131. The number of urea groups is 1. The van der Waals surface area contributed by atoms with Gasteiger partial charge in [0.2, 0.25) is 0 Å². The summed E-state index contributed by atoms with van der Waals surface area (Å²) < 4.78 is 0. The Hall–Kier alpha value is -2.74. The highest BCUT2D eigenvalue weighted by Gasteiger charge is 1.99. The minimum absolute atomic E-state index is 0.293. The average molecular weight is 258 g/mol. The topological polar surface area (TPSA) is 78.4 Å². The molecule has 2 amide bonds. The van der Waals surface area contributed by atoms with Crippen LogP contribution in [0.15, 0.2) is 30.3 Å². The zero-order chi connectivity index (χ0) is 14.1. The van der Waals surface area contributed by atoms with Crippen molar-refractivity contribution in [2.75, 3.05) is 11.9 Å². The van der Waals surface area contributed by atoms with Crippen molar-refractivity contribution >= 4 is 23.8 Å². The molecule has 1 aromatic rings. The maximum Gasteiger partial charge on any atom is 0.328 e. The smallest absolute Gasteiger partial charge is 0.328 e. The molecule has 0 saturated heterocycles. The zero-order valence-corrected chi connectivity index (χ0v) is 10.4. The Morgan fingerprint density at radius 1 is 1.32 bits per heavy atom. The number of amides is 2. The van der Waals surface area contributed by atoms with E-state index >= 15 is 0 Å². The molecule has 0 unspecified atom stereocenters. The van der Waals surface area contributed by atoms with Gasteiger partial charge in [-0.25, -0.2) is 9.59 Å². The van der Waals surface area contributed by atoms with Gasteiger partial charge in [0, 0.05) is 11.8 Å². The summed E-state index contributed by atoms with van der Waals surface area (Å²) in [4.78, 5) is 21.8. The summed E-state index contributed by atoms with van der Waals surface area (Å²) in [5.74, 6) is 4.38. The summed E-state index contributed by atoms with van der Waals surface area (Å²) in [5, 5.41) is 13.7. The van der Waals surface area contributed by atoms with Crippen molar-refractivity contribution in [2.24, 2.45) is 0 Å². The van der Waals surface area contributed by atoms with Crippen molar-refractivity contribution in [2.45, 2.75) is 6.92 Å². The van der Waals surface area contributed by atoms with Gasteiger partial charge in [-0.1, -0.05) is 18.1 Å². The molecule has 0 heterocycles. The van der Waals surface area contributed by atoms with E-state index in [0.29, 0.717) is 12.2 Å². The van der Waals surface area contributed by atoms with Gasteiger partial charge < -0.3 is 15.7 Å². The molecule has 98 valence electrons. The second-order valence-electron chi connectivity index (χ2n) is 3.53. The highest BCUT2D eigenvalue weighted by molar-refractivity contribution is 5.89. The molecule has 0 spiro atoms. The van der Waals surface area contributed by atoms with Gasteiger partial charge in [-0.05, 0) is 30.7 Å². The average Bonchev–Trinajstić information content (AvgIpc) is 2.38. The number of hydrogen-bond acceptors (Lipinski definition) is 2. The second-order valence-corrected chi connectivity index (χ2v) is 3.53. The molecule has 5 heteroatoms. The van der Waals surface area contributed by atoms with Crippen LogP contribution in [-0.2, 0) is 4.79 Å². The van der Waals surface area contributed by atoms with Gasteiger partial charge >= 0.3 is 12.0 Å². The van der Waals surface area contributed by atoms with Crippen LogP contribution in [0.1, 0.15) is 12.5 Å². The monoisotopic (exact) mass is 258 g/mol. The Kier molecular flexibility index (Phi) is 5.70. The number of anilines is 1. The molecular formula is C14H14N2O3. The second kappa shape index (κ2) is 7.56. The first-order valence-corrected chi connectivity index (χ1v) is 5.57. The van der Waals surface area contributed by atoms with E-state index in [4.69, 9.17) is 5.11 Å². The van der Waals surface area contributed by atoms with Gasteiger partial charge in [-0.2, -0.15) is 0 Å². The third-order valence-corrected chi connectivity index (χ3v) is 2.10. The molecule has 0 bridgehead atoms. The third-order valence-electron chi connectivity index (χ3n) is 2.10. The summed E-state index contributed by atoms with van der Waals surface area (Å²) in [5.41, 5.74) is 1.36. The lowest BCUT2D eigenvalue weighted by atomic mass is 10.2. The van der Waals surface area contributed by atoms with Crippen LogP contribution >= 0.6 is 0 Å². The molecule has 1 aromatic carbocycles. The molecule has 0 radical (unpaired) electrons. The van der Waals surface area contributed by atoms with E-state index in [9.17, 15) is 9.59 Å². The number of carboxylic acid groups (broad SMARTS) is 1. The van der Waals surface area contributed by atoms with Crippen molar-refractivity contribution in [1.82, 2.24) is 5.32 Å². The van der Waals surface area contributed by atoms with Crippen LogP contribution in [-0.4, -0.2) is 23.7 Å². The number of rotatable bonds is 4. The summed E-state index contributed by atoms with van der Waals surface area (Å²) >= 11 is 0. The molecule has 0 aliphatic rings. The molecule has 5 nitrogen and oxygen atoms in total. The first-order chi connectivity index (χ1) is 9.11. The first kappa shape index (κ1) is 14.3. The largest absolute Gasteiger partial charge is 0.478 e. The van der Waals surface area contributed by atoms with Crippen LogP contribution in [0.4, 0.5) is 10.5 Å². The summed E-state index contributed by atoms with van der Waals surface area (Å²) in [6.07, 6.45) is 2.53. The van der Waals surface area contributed by atoms with Gasteiger partial charge in [0.05, 0.1) is 6.54 Å². The van der Waals surface area contributed by atoms with Gasteiger partial charge in [-0.3, -0.25) is 0 Å². The molecule has 3 N–H and O–H groups in total. The Bertz CT molecular complexity index is 536. The van der Waals surface area contributed by atoms with E-state index in [1.165, 1.54) is 6.08 Å². The predicted molar refractivity (Wildman–Crippen MR) is 73.6 cm³/mol. The van der Waals surface area contributed by atoms with E-state index in [-0.39, 0.29) is 6.03 Å². The highest BCUT2D eigenvalue weighted by Crippen LogP contribution is 2.10. The summed E-state index contributed by atoms with van der Waals surface area (Å²) in [6, 6.07) is 6.46. The van der Waals surface area contributed by atoms with E-state index in [1.807, 2.05) is 0 Å². The lowest BCUT2D eigenvalue weighted by Crippen LogP contribution is -2.28. The maximum atomic E-state index is 11.4. The Labute approximate surface area is 111 Å². The van der Waals surface area contributed by atoms with Gasteiger partial charge in [0.15, 0.2) is 0 Å². The molecule has 0 saturated carbocycles. The van der Waals surface area contributed by atoms with Crippen LogP contribution in [0.25, 0.3) is 6.08 Å². The van der Waals surface area contributed by atoms with Crippen molar-refractivity contribution < 1.29 is 14.7 Å². The van der Waals surface area contributed by atoms with Gasteiger partial charge in [0.1, 0.15) is 0 Å².